The minimum absolute atomic E-state index is 0.116. The van der Waals surface area contributed by atoms with Gasteiger partial charge in [0.15, 0.2) is 5.65 Å². The molecule has 1 unspecified atom stereocenters. The first kappa shape index (κ1) is 21.6. The van der Waals surface area contributed by atoms with Gasteiger partial charge in [-0.3, -0.25) is 4.79 Å². The van der Waals surface area contributed by atoms with E-state index in [0.717, 1.165) is 54.8 Å². The van der Waals surface area contributed by atoms with Crippen LogP contribution >= 0.6 is 11.6 Å². The topological polar surface area (TPSA) is 81.1 Å². The van der Waals surface area contributed by atoms with E-state index in [9.17, 15) is 4.79 Å². The summed E-state index contributed by atoms with van der Waals surface area (Å²) in [4.78, 5) is 17.9. The number of ether oxygens (including phenoxy) is 1. The van der Waals surface area contributed by atoms with E-state index >= 15 is 0 Å². The Morgan fingerprint density at radius 3 is 2.65 bits per heavy atom. The number of benzene rings is 1. The minimum atomic E-state index is -0.157. The van der Waals surface area contributed by atoms with Gasteiger partial charge >= 0.3 is 0 Å². The zero-order valence-electron chi connectivity index (χ0n) is 17.9. The Morgan fingerprint density at radius 1 is 1.23 bits per heavy atom. The molecule has 7 nitrogen and oxygen atoms in total. The van der Waals surface area contributed by atoms with Crippen molar-refractivity contribution in [2.75, 3.05) is 18.5 Å². The predicted octanol–water partition coefficient (Wildman–Crippen LogP) is 4.58. The van der Waals surface area contributed by atoms with Crippen LogP contribution in [0, 0.1) is 0 Å². The molecule has 3 heterocycles. The number of halogens is 1. The van der Waals surface area contributed by atoms with E-state index in [2.05, 4.69) is 20.7 Å². The molecule has 4 rings (SSSR count). The van der Waals surface area contributed by atoms with Crippen LogP contribution in [0.3, 0.4) is 0 Å². The number of fused-ring (bicyclic) bond motifs is 1. The number of aryl methyl sites for hydroxylation is 1. The molecular formula is C23H28ClN5O2. The van der Waals surface area contributed by atoms with E-state index in [1.165, 1.54) is 0 Å². The summed E-state index contributed by atoms with van der Waals surface area (Å²) in [6.07, 6.45) is 6.01. The number of nitrogens with one attached hydrogen (secondary N) is 2. The van der Waals surface area contributed by atoms with Crippen molar-refractivity contribution in [1.29, 1.82) is 0 Å². The number of aromatic nitrogens is 3. The zero-order valence-corrected chi connectivity index (χ0v) is 18.7. The van der Waals surface area contributed by atoms with Gasteiger partial charge in [0.2, 0.25) is 0 Å². The third kappa shape index (κ3) is 4.67. The Labute approximate surface area is 187 Å². The molecule has 0 saturated carbocycles. The molecule has 1 atom stereocenters. The highest BCUT2D eigenvalue weighted by Crippen LogP contribution is 2.29. The second-order valence-corrected chi connectivity index (χ2v) is 8.20. The van der Waals surface area contributed by atoms with Crippen LogP contribution < -0.4 is 10.6 Å². The van der Waals surface area contributed by atoms with Crippen LogP contribution in [0.1, 0.15) is 55.1 Å². The molecule has 3 aromatic rings. The van der Waals surface area contributed by atoms with Crippen molar-refractivity contribution in [2.24, 2.45) is 0 Å². The number of carbonyl (C=O) groups excluding carboxylic acids is 1. The van der Waals surface area contributed by atoms with Gasteiger partial charge in [-0.15, -0.1) is 0 Å². The standard InChI is InChI=1S/C23H28ClN5O2/c1-3-20(15-5-7-16(24)8-6-15)28-23(30)19-13-25-22-18(14-26-29(22)4-2)21(19)27-17-9-11-31-12-10-17/h5-8,13-14,17,20H,3-4,9-12H2,1-2H3,(H,25,27)(H,28,30). The molecule has 31 heavy (non-hydrogen) atoms. The Hall–Kier alpha value is -2.64. The summed E-state index contributed by atoms with van der Waals surface area (Å²) < 4.78 is 7.33. The van der Waals surface area contributed by atoms with Crippen molar-refractivity contribution in [3.8, 4) is 0 Å². The number of hydrogen-bond donors (Lipinski definition) is 2. The second-order valence-electron chi connectivity index (χ2n) is 7.76. The maximum atomic E-state index is 13.4. The van der Waals surface area contributed by atoms with E-state index in [-0.39, 0.29) is 18.0 Å². The molecule has 1 saturated heterocycles. The van der Waals surface area contributed by atoms with Gasteiger partial charge in [0, 0.05) is 37.0 Å². The minimum Gasteiger partial charge on any atom is -0.381 e. The smallest absolute Gasteiger partial charge is 0.255 e. The zero-order chi connectivity index (χ0) is 21.8. The molecule has 2 aromatic heterocycles. The fourth-order valence-corrected chi connectivity index (χ4v) is 4.11. The highest BCUT2D eigenvalue weighted by atomic mass is 35.5. The first-order valence-corrected chi connectivity index (χ1v) is 11.2. The fourth-order valence-electron chi connectivity index (χ4n) is 3.98. The average Bonchev–Trinajstić information content (AvgIpc) is 3.22. The number of carbonyl (C=O) groups is 1. The third-order valence-corrected chi connectivity index (χ3v) is 6.02. The van der Waals surface area contributed by atoms with Gasteiger partial charge in [0.25, 0.3) is 5.91 Å². The monoisotopic (exact) mass is 441 g/mol. The van der Waals surface area contributed by atoms with Crippen LogP contribution in [0.5, 0.6) is 0 Å². The molecule has 1 aliphatic rings. The lowest BCUT2D eigenvalue weighted by molar-refractivity contribution is 0.0903. The van der Waals surface area contributed by atoms with Crippen molar-refractivity contribution in [3.05, 3.63) is 52.8 Å². The molecular weight excluding hydrogens is 414 g/mol. The lowest BCUT2D eigenvalue weighted by Gasteiger charge is -2.26. The van der Waals surface area contributed by atoms with Crippen molar-refractivity contribution in [3.63, 3.8) is 0 Å². The van der Waals surface area contributed by atoms with Gasteiger partial charge < -0.3 is 15.4 Å². The molecule has 1 amide bonds. The third-order valence-electron chi connectivity index (χ3n) is 5.77. The Morgan fingerprint density at radius 2 is 1.97 bits per heavy atom. The maximum Gasteiger partial charge on any atom is 0.255 e. The SMILES string of the molecule is CCC(NC(=O)c1cnc2c(cnn2CC)c1NC1CCOCC1)c1ccc(Cl)cc1. The molecule has 0 radical (unpaired) electrons. The van der Waals surface area contributed by atoms with Crippen LogP contribution in [-0.2, 0) is 11.3 Å². The number of rotatable bonds is 7. The van der Waals surface area contributed by atoms with Gasteiger partial charge in [-0.25, -0.2) is 9.67 Å². The molecule has 0 spiro atoms. The summed E-state index contributed by atoms with van der Waals surface area (Å²) in [5, 5.41) is 12.7. The number of nitrogens with zero attached hydrogens (tertiary/aromatic N) is 3. The molecule has 1 fully saturated rings. The van der Waals surface area contributed by atoms with Crippen LogP contribution in [0.2, 0.25) is 5.02 Å². The maximum absolute atomic E-state index is 13.4. The summed E-state index contributed by atoms with van der Waals surface area (Å²) in [6.45, 7) is 6.23. The van der Waals surface area contributed by atoms with Gasteiger partial charge in [-0.05, 0) is 43.9 Å². The molecule has 1 aliphatic heterocycles. The van der Waals surface area contributed by atoms with Crippen LogP contribution in [0.15, 0.2) is 36.7 Å². The summed E-state index contributed by atoms with van der Waals surface area (Å²) in [6, 6.07) is 7.71. The van der Waals surface area contributed by atoms with Crippen LogP contribution in [0.4, 0.5) is 5.69 Å². The van der Waals surface area contributed by atoms with E-state index in [4.69, 9.17) is 16.3 Å². The van der Waals surface area contributed by atoms with Crippen molar-refractivity contribution >= 4 is 34.2 Å². The molecule has 1 aromatic carbocycles. The van der Waals surface area contributed by atoms with Gasteiger partial charge in [0.1, 0.15) is 0 Å². The van der Waals surface area contributed by atoms with Crippen molar-refractivity contribution in [2.45, 2.75) is 51.7 Å². The van der Waals surface area contributed by atoms with Gasteiger partial charge in [-0.1, -0.05) is 30.7 Å². The van der Waals surface area contributed by atoms with Crippen molar-refractivity contribution < 1.29 is 9.53 Å². The highest BCUT2D eigenvalue weighted by molar-refractivity contribution is 6.30. The number of hydrogen-bond acceptors (Lipinski definition) is 5. The fraction of sp³-hybridized carbons (Fsp3) is 0.435. The molecule has 0 aliphatic carbocycles. The molecule has 164 valence electrons. The Kier molecular flexibility index (Phi) is 6.73. The summed E-state index contributed by atoms with van der Waals surface area (Å²) >= 11 is 6.02. The largest absolute Gasteiger partial charge is 0.381 e. The first-order valence-electron chi connectivity index (χ1n) is 10.9. The molecule has 8 heteroatoms. The van der Waals surface area contributed by atoms with E-state index < -0.39 is 0 Å². The number of amides is 1. The average molecular weight is 442 g/mol. The van der Waals surface area contributed by atoms with E-state index in [1.54, 1.807) is 12.4 Å². The lowest BCUT2D eigenvalue weighted by atomic mass is 10.0. The van der Waals surface area contributed by atoms with Crippen LogP contribution in [-0.4, -0.2) is 39.9 Å². The molecule has 2 N–H and O–H groups in total. The summed E-state index contributed by atoms with van der Waals surface area (Å²) in [7, 11) is 0. The van der Waals surface area contributed by atoms with E-state index in [0.29, 0.717) is 17.1 Å². The van der Waals surface area contributed by atoms with Gasteiger partial charge in [-0.2, -0.15) is 5.10 Å². The second kappa shape index (κ2) is 9.66. The highest BCUT2D eigenvalue weighted by Gasteiger charge is 2.23. The first-order chi connectivity index (χ1) is 15.1. The molecule has 0 bridgehead atoms. The van der Waals surface area contributed by atoms with Crippen LogP contribution in [0.25, 0.3) is 11.0 Å². The number of anilines is 1. The summed E-state index contributed by atoms with van der Waals surface area (Å²) in [5.41, 5.74) is 3.12. The van der Waals surface area contributed by atoms with Crippen molar-refractivity contribution in [1.82, 2.24) is 20.1 Å². The normalized spacial score (nSPS) is 15.7. The van der Waals surface area contributed by atoms with Gasteiger partial charge in [0.05, 0.1) is 28.9 Å². The number of pyridine rings is 1. The predicted molar refractivity (Wildman–Crippen MR) is 123 cm³/mol. The van der Waals surface area contributed by atoms with E-state index in [1.807, 2.05) is 42.8 Å². The Bertz CT molecular complexity index is 1040. The quantitative estimate of drug-likeness (QED) is 0.561. The summed E-state index contributed by atoms with van der Waals surface area (Å²) in [5.74, 6) is -0.157. The lowest BCUT2D eigenvalue weighted by Crippen LogP contribution is -2.32. The Balaban J connectivity index is 1.66.